The molecule has 3 rings (SSSR count). The zero-order valence-corrected chi connectivity index (χ0v) is 19.2. The number of nitrogens with zero attached hydrogens (tertiary/aromatic N) is 2. The van der Waals surface area contributed by atoms with E-state index in [1.165, 1.54) is 0 Å². The van der Waals surface area contributed by atoms with Gasteiger partial charge in [-0.15, -0.1) is 0 Å². The van der Waals surface area contributed by atoms with E-state index < -0.39 is 6.03 Å². The summed E-state index contributed by atoms with van der Waals surface area (Å²) in [5, 5.41) is 17.5. The van der Waals surface area contributed by atoms with Gasteiger partial charge in [0.15, 0.2) is 0 Å². The molecule has 174 valence electrons. The second kappa shape index (κ2) is 11.9. The lowest BCUT2D eigenvalue weighted by Gasteiger charge is -2.33. The van der Waals surface area contributed by atoms with Crippen LogP contribution < -0.4 is 20.9 Å². The molecule has 0 bridgehead atoms. The summed E-state index contributed by atoms with van der Waals surface area (Å²) < 4.78 is 5.05. The molecular weight excluding hydrogens is 418 g/mol. The van der Waals surface area contributed by atoms with Crippen LogP contribution in [0, 0.1) is 17.2 Å². The number of hydrogen-bond acceptors (Lipinski definition) is 5. The highest BCUT2D eigenvalue weighted by molar-refractivity contribution is 6.04. The van der Waals surface area contributed by atoms with Gasteiger partial charge in [-0.3, -0.25) is 4.79 Å². The van der Waals surface area contributed by atoms with Gasteiger partial charge >= 0.3 is 6.03 Å². The number of urea groups is 1. The molecule has 0 atom stereocenters. The fourth-order valence-corrected chi connectivity index (χ4v) is 3.79. The van der Waals surface area contributed by atoms with Gasteiger partial charge in [-0.1, -0.05) is 13.0 Å². The minimum atomic E-state index is -0.448. The van der Waals surface area contributed by atoms with E-state index in [4.69, 9.17) is 10.00 Å². The topological polar surface area (TPSA) is 106 Å². The van der Waals surface area contributed by atoms with Crippen LogP contribution in [0.1, 0.15) is 42.1 Å². The molecule has 1 heterocycles. The Kier molecular flexibility index (Phi) is 8.67. The first-order valence-electron chi connectivity index (χ1n) is 11.2. The van der Waals surface area contributed by atoms with E-state index in [2.05, 4.69) is 27.8 Å². The number of hydrogen-bond donors (Lipinski definition) is 3. The molecule has 1 aliphatic rings. The lowest BCUT2D eigenvalue weighted by molar-refractivity contribution is 0.0949. The number of carbonyl (C=O) groups excluding carboxylic acids is 2. The Labute approximate surface area is 194 Å². The Hall–Kier alpha value is -3.57. The highest BCUT2D eigenvalue weighted by Crippen LogP contribution is 2.29. The first kappa shape index (κ1) is 24.1. The third kappa shape index (κ3) is 6.96. The Morgan fingerprint density at radius 2 is 1.85 bits per heavy atom. The maximum atomic E-state index is 13.0. The number of rotatable bonds is 8. The molecule has 0 aromatic heterocycles. The van der Waals surface area contributed by atoms with Crippen molar-refractivity contribution < 1.29 is 14.3 Å². The van der Waals surface area contributed by atoms with Crippen LogP contribution in [0.5, 0.6) is 0 Å². The predicted molar refractivity (Wildman–Crippen MR) is 130 cm³/mol. The minimum absolute atomic E-state index is 0.175. The largest absolute Gasteiger partial charge is 0.385 e. The fourth-order valence-electron chi connectivity index (χ4n) is 3.79. The number of nitriles is 1. The van der Waals surface area contributed by atoms with Crippen LogP contribution in [-0.4, -0.2) is 45.3 Å². The number of amides is 3. The van der Waals surface area contributed by atoms with E-state index in [0.29, 0.717) is 41.6 Å². The average molecular weight is 450 g/mol. The van der Waals surface area contributed by atoms with E-state index >= 15 is 0 Å². The molecule has 3 N–H and O–H groups in total. The molecule has 0 saturated carbocycles. The quantitative estimate of drug-likeness (QED) is 0.524. The Morgan fingerprint density at radius 3 is 2.55 bits per heavy atom. The summed E-state index contributed by atoms with van der Waals surface area (Å²) in [5.74, 6) is 0.502. The van der Waals surface area contributed by atoms with Gasteiger partial charge in [-0.2, -0.15) is 5.26 Å². The van der Waals surface area contributed by atoms with Gasteiger partial charge in [-0.25, -0.2) is 4.79 Å². The van der Waals surface area contributed by atoms with Crippen LogP contribution >= 0.6 is 0 Å². The van der Waals surface area contributed by atoms with E-state index in [1.807, 2.05) is 12.1 Å². The van der Waals surface area contributed by atoms with Crippen molar-refractivity contribution in [1.82, 2.24) is 5.32 Å². The maximum Gasteiger partial charge on any atom is 0.323 e. The molecule has 1 aliphatic heterocycles. The van der Waals surface area contributed by atoms with Crippen LogP contribution in [0.4, 0.5) is 21.9 Å². The van der Waals surface area contributed by atoms with E-state index in [1.54, 1.807) is 43.5 Å². The zero-order chi connectivity index (χ0) is 23.6. The molecule has 1 fully saturated rings. The Balaban J connectivity index is 1.75. The van der Waals surface area contributed by atoms with E-state index in [0.717, 1.165) is 38.0 Å². The van der Waals surface area contributed by atoms with Gasteiger partial charge in [0, 0.05) is 50.4 Å². The molecule has 3 amide bonds. The van der Waals surface area contributed by atoms with Crippen LogP contribution in [0.15, 0.2) is 42.5 Å². The van der Waals surface area contributed by atoms with Crippen molar-refractivity contribution in [3.05, 3.63) is 53.6 Å². The van der Waals surface area contributed by atoms with E-state index in [-0.39, 0.29) is 5.91 Å². The summed E-state index contributed by atoms with van der Waals surface area (Å²) in [6, 6.07) is 13.7. The second-order valence-electron chi connectivity index (χ2n) is 8.28. The van der Waals surface area contributed by atoms with Gasteiger partial charge in [0.2, 0.25) is 0 Å². The molecular formula is C25H31N5O3. The molecule has 1 saturated heterocycles. The maximum absolute atomic E-state index is 13.0. The number of methoxy groups -OCH3 is 1. The molecule has 0 spiro atoms. The molecule has 2 aromatic carbocycles. The van der Waals surface area contributed by atoms with Crippen molar-refractivity contribution in [3.8, 4) is 6.07 Å². The van der Waals surface area contributed by atoms with Gasteiger partial charge in [0.1, 0.15) is 0 Å². The van der Waals surface area contributed by atoms with Crippen molar-refractivity contribution >= 4 is 29.0 Å². The Bertz CT molecular complexity index is 1010. The summed E-state index contributed by atoms with van der Waals surface area (Å²) >= 11 is 0. The van der Waals surface area contributed by atoms with Crippen molar-refractivity contribution in [2.45, 2.75) is 26.2 Å². The number of anilines is 3. The monoisotopic (exact) mass is 449 g/mol. The number of ether oxygens (including phenoxy) is 1. The van der Waals surface area contributed by atoms with Gasteiger partial charge in [0.05, 0.1) is 17.2 Å². The fraction of sp³-hybridized carbons (Fsp3) is 0.400. The van der Waals surface area contributed by atoms with Crippen LogP contribution in [-0.2, 0) is 4.74 Å². The summed E-state index contributed by atoms with van der Waals surface area (Å²) in [6.45, 7) is 5.13. The minimum Gasteiger partial charge on any atom is -0.385 e. The van der Waals surface area contributed by atoms with Crippen LogP contribution in [0.25, 0.3) is 0 Å². The molecule has 8 heteroatoms. The standard InChI is InChI=1S/C25H31N5O3/c1-18-9-12-30(13-10-18)23-8-7-21(16-22(23)24(31)27-11-4-14-33-2)29-25(32)28-20-6-3-5-19(15-20)17-26/h3,5-8,15-16,18H,4,9-14H2,1-2H3,(H,27,31)(H2,28,29,32). The third-order valence-corrected chi connectivity index (χ3v) is 5.68. The second-order valence-corrected chi connectivity index (χ2v) is 8.28. The number of nitrogens with one attached hydrogen (secondary N) is 3. The smallest absolute Gasteiger partial charge is 0.323 e. The number of piperidine rings is 1. The van der Waals surface area contributed by atoms with Crippen LogP contribution in [0.3, 0.4) is 0 Å². The van der Waals surface area contributed by atoms with Crippen LogP contribution in [0.2, 0.25) is 0 Å². The molecule has 0 aliphatic carbocycles. The van der Waals surface area contributed by atoms with Crippen molar-refractivity contribution in [3.63, 3.8) is 0 Å². The molecule has 2 aromatic rings. The zero-order valence-electron chi connectivity index (χ0n) is 19.2. The third-order valence-electron chi connectivity index (χ3n) is 5.68. The summed E-state index contributed by atoms with van der Waals surface area (Å²) in [6.07, 6.45) is 2.89. The van der Waals surface area contributed by atoms with Crippen molar-refractivity contribution in [2.75, 3.05) is 48.9 Å². The SMILES string of the molecule is COCCCNC(=O)c1cc(NC(=O)Nc2cccc(C#N)c2)ccc1N1CCC(C)CC1. The molecule has 0 unspecified atom stereocenters. The lowest BCUT2D eigenvalue weighted by Crippen LogP contribution is -2.35. The predicted octanol–water partition coefficient (Wildman–Crippen LogP) is 4.20. The van der Waals surface area contributed by atoms with Crippen molar-refractivity contribution in [2.24, 2.45) is 5.92 Å². The van der Waals surface area contributed by atoms with Gasteiger partial charge in [0.25, 0.3) is 5.91 Å². The summed E-state index contributed by atoms with van der Waals surface area (Å²) in [4.78, 5) is 27.7. The lowest BCUT2D eigenvalue weighted by atomic mass is 9.98. The van der Waals surface area contributed by atoms with Crippen molar-refractivity contribution in [1.29, 1.82) is 5.26 Å². The first-order chi connectivity index (χ1) is 16.0. The Morgan fingerprint density at radius 1 is 1.12 bits per heavy atom. The summed E-state index contributed by atoms with van der Waals surface area (Å²) in [5.41, 5.74) is 2.90. The molecule has 8 nitrogen and oxygen atoms in total. The molecule has 33 heavy (non-hydrogen) atoms. The normalized spacial score (nSPS) is 13.8. The van der Waals surface area contributed by atoms with Gasteiger partial charge in [-0.05, 0) is 61.6 Å². The highest BCUT2D eigenvalue weighted by Gasteiger charge is 2.22. The molecule has 0 radical (unpaired) electrons. The van der Waals surface area contributed by atoms with Gasteiger partial charge < -0.3 is 25.6 Å². The number of carbonyl (C=O) groups is 2. The summed E-state index contributed by atoms with van der Waals surface area (Å²) in [7, 11) is 1.63. The average Bonchev–Trinajstić information content (AvgIpc) is 2.82. The van der Waals surface area contributed by atoms with E-state index in [9.17, 15) is 9.59 Å². The first-order valence-corrected chi connectivity index (χ1v) is 11.2. The highest BCUT2D eigenvalue weighted by atomic mass is 16.5. The number of benzene rings is 2.